The number of thioether (sulfide) groups is 1. The zero-order chi connectivity index (χ0) is 27.8. The highest BCUT2D eigenvalue weighted by molar-refractivity contribution is 8.13. The van der Waals surface area contributed by atoms with Crippen molar-refractivity contribution in [3.8, 4) is 0 Å². The van der Waals surface area contributed by atoms with Crippen LogP contribution in [-0.4, -0.2) is 93.3 Å². The van der Waals surface area contributed by atoms with Gasteiger partial charge in [-0.25, -0.2) is 4.98 Å². The number of carbonyl (C=O) groups is 5. The summed E-state index contributed by atoms with van der Waals surface area (Å²) >= 11 is 1.04. The van der Waals surface area contributed by atoms with Crippen molar-refractivity contribution in [1.29, 1.82) is 0 Å². The van der Waals surface area contributed by atoms with Crippen molar-refractivity contribution in [1.82, 2.24) is 25.9 Å². The fourth-order valence-electron chi connectivity index (χ4n) is 2.76. The zero-order valence-electron chi connectivity index (χ0n) is 21.0. The molecule has 37 heavy (non-hydrogen) atoms. The first-order valence-corrected chi connectivity index (χ1v) is 12.6. The van der Waals surface area contributed by atoms with Crippen LogP contribution in [0.1, 0.15) is 38.8 Å². The van der Waals surface area contributed by atoms with E-state index in [0.717, 1.165) is 17.5 Å². The highest BCUT2D eigenvalue weighted by Gasteiger charge is 2.35. The first-order chi connectivity index (χ1) is 17.4. The average Bonchev–Trinajstić information content (AvgIpc) is 3.36. The fraction of sp³-hybridized carbons (Fsp3) is 0.636. The number of aliphatic hydroxyl groups excluding tert-OH is 1. The molecule has 3 amide bonds. The quantitative estimate of drug-likeness (QED) is 0.0943. The number of hydrogen-bond donors (Lipinski definition) is 7. The Morgan fingerprint density at radius 2 is 1.86 bits per heavy atom. The van der Waals surface area contributed by atoms with Gasteiger partial charge in [0.1, 0.15) is 12.1 Å². The smallest absolute Gasteiger partial charge is 0.320 e. The van der Waals surface area contributed by atoms with Gasteiger partial charge in [-0.15, -0.1) is 0 Å². The van der Waals surface area contributed by atoms with Gasteiger partial charge in [-0.05, 0) is 6.42 Å². The summed E-state index contributed by atoms with van der Waals surface area (Å²) in [7, 11) is 0. The Bertz CT molecular complexity index is 896. The third-order valence-corrected chi connectivity index (χ3v) is 5.91. The summed E-state index contributed by atoms with van der Waals surface area (Å²) in [6, 6.07) is -1.18. The van der Waals surface area contributed by atoms with Crippen LogP contribution in [-0.2, 0) is 30.3 Å². The van der Waals surface area contributed by atoms with Gasteiger partial charge < -0.3 is 41.6 Å². The number of nitrogens with two attached hydrogens (primary N) is 1. The van der Waals surface area contributed by atoms with Crippen LogP contribution in [0.5, 0.6) is 0 Å². The van der Waals surface area contributed by atoms with E-state index >= 15 is 0 Å². The van der Waals surface area contributed by atoms with E-state index in [4.69, 9.17) is 15.6 Å². The van der Waals surface area contributed by atoms with Crippen molar-refractivity contribution in [3.05, 3.63) is 18.2 Å². The van der Waals surface area contributed by atoms with Crippen molar-refractivity contribution in [2.24, 2.45) is 11.1 Å². The van der Waals surface area contributed by atoms with Crippen molar-refractivity contribution in [3.63, 3.8) is 0 Å². The molecule has 1 rings (SSSR count). The second-order valence-electron chi connectivity index (χ2n) is 8.82. The molecule has 0 aliphatic heterocycles. The molecule has 0 radical (unpaired) electrons. The molecule has 0 unspecified atom stereocenters. The Labute approximate surface area is 218 Å². The maximum Gasteiger partial charge on any atom is 0.320 e. The molecule has 0 saturated heterocycles. The molecule has 8 N–H and O–H groups in total. The minimum Gasteiger partial charge on any atom is -0.480 e. The zero-order valence-corrected chi connectivity index (χ0v) is 21.8. The van der Waals surface area contributed by atoms with Crippen LogP contribution in [0, 0.1) is 5.41 Å². The standard InChI is InChI=1S/C22H36N6O8S/c1-22(2,12-36-17(30)4-3-15(23)20(33)34)18(31)19(32)26-8-6-16(29)25-9-10-37-21(35)27-7-5-14-11-24-13-28-14/h11,13,15,18,31H,3-10,12,23H2,1-2H3,(H,24,28)(H,25,29)(H,26,32)(H,27,35)(H,33,34)/t15-,18-/m0/s1. The second-order valence-corrected chi connectivity index (χ2v) is 9.88. The van der Waals surface area contributed by atoms with Crippen LogP contribution in [0.4, 0.5) is 4.79 Å². The van der Waals surface area contributed by atoms with E-state index in [0.29, 0.717) is 18.7 Å². The van der Waals surface area contributed by atoms with E-state index in [9.17, 15) is 29.1 Å². The first-order valence-electron chi connectivity index (χ1n) is 11.7. The summed E-state index contributed by atoms with van der Waals surface area (Å²) in [5.41, 5.74) is 5.11. The molecule has 208 valence electrons. The topological polar surface area (TPSA) is 226 Å². The maximum atomic E-state index is 12.2. The van der Waals surface area contributed by atoms with Crippen molar-refractivity contribution < 1.29 is 38.9 Å². The summed E-state index contributed by atoms with van der Waals surface area (Å²) in [6.07, 6.45) is 2.02. The second kappa shape index (κ2) is 16.6. The Morgan fingerprint density at radius 1 is 1.14 bits per heavy atom. The van der Waals surface area contributed by atoms with Gasteiger partial charge in [0, 0.05) is 62.0 Å². The van der Waals surface area contributed by atoms with Crippen molar-refractivity contribution >= 4 is 40.8 Å². The highest BCUT2D eigenvalue weighted by Crippen LogP contribution is 2.22. The molecule has 0 bridgehead atoms. The molecule has 0 aliphatic rings. The lowest BCUT2D eigenvalue weighted by molar-refractivity contribution is -0.153. The van der Waals surface area contributed by atoms with Crippen LogP contribution >= 0.6 is 11.8 Å². The van der Waals surface area contributed by atoms with Crippen LogP contribution in [0.25, 0.3) is 0 Å². The van der Waals surface area contributed by atoms with E-state index in [1.807, 2.05) is 0 Å². The SMILES string of the molecule is CC(C)(COC(=O)CC[C@H](N)C(=O)O)[C@@H](O)C(=O)NCCC(=O)NCCSC(=O)NCCc1cnc[nH]1. The van der Waals surface area contributed by atoms with Gasteiger partial charge in [0.25, 0.3) is 5.24 Å². The maximum absolute atomic E-state index is 12.2. The predicted octanol–water partition coefficient (Wildman–Crippen LogP) is -0.860. The molecule has 1 aromatic heterocycles. The molecule has 0 aromatic carbocycles. The number of esters is 1. The van der Waals surface area contributed by atoms with E-state index in [1.54, 1.807) is 12.5 Å². The molecule has 15 heteroatoms. The predicted molar refractivity (Wildman–Crippen MR) is 134 cm³/mol. The number of aliphatic carboxylic acids is 1. The van der Waals surface area contributed by atoms with Gasteiger partial charge in [0.05, 0.1) is 12.9 Å². The molecular formula is C22H36N6O8S. The van der Waals surface area contributed by atoms with E-state index in [2.05, 4.69) is 25.9 Å². The number of amides is 3. The van der Waals surface area contributed by atoms with Crippen LogP contribution in [0.15, 0.2) is 12.5 Å². The normalized spacial score (nSPS) is 12.8. The lowest BCUT2D eigenvalue weighted by Gasteiger charge is -2.29. The van der Waals surface area contributed by atoms with Gasteiger partial charge >= 0.3 is 11.9 Å². The minimum absolute atomic E-state index is 0.0219. The summed E-state index contributed by atoms with van der Waals surface area (Å²) in [5, 5.41) is 26.7. The number of carboxylic acid groups (broad SMARTS) is 1. The number of ether oxygens (including phenoxy) is 1. The number of aromatic amines is 1. The van der Waals surface area contributed by atoms with Crippen molar-refractivity contribution in [2.45, 2.75) is 51.7 Å². The third-order valence-electron chi connectivity index (χ3n) is 5.10. The summed E-state index contributed by atoms with van der Waals surface area (Å²) in [4.78, 5) is 65.2. The van der Waals surface area contributed by atoms with Crippen molar-refractivity contribution in [2.75, 3.05) is 32.0 Å². The van der Waals surface area contributed by atoms with Gasteiger partial charge in [-0.3, -0.25) is 24.0 Å². The molecule has 0 spiro atoms. The van der Waals surface area contributed by atoms with Crippen LogP contribution < -0.4 is 21.7 Å². The molecule has 14 nitrogen and oxygen atoms in total. The van der Waals surface area contributed by atoms with Gasteiger partial charge in [-0.2, -0.15) is 0 Å². The number of aliphatic hydroxyl groups is 1. The van der Waals surface area contributed by atoms with Crippen LogP contribution in [0.3, 0.4) is 0 Å². The minimum atomic E-state index is -1.52. The molecule has 1 heterocycles. The highest BCUT2D eigenvalue weighted by atomic mass is 32.2. The molecule has 0 saturated carbocycles. The third kappa shape index (κ3) is 13.6. The molecule has 0 aliphatic carbocycles. The summed E-state index contributed by atoms with van der Waals surface area (Å²) in [5.74, 6) is -2.61. The number of carboxylic acids is 1. The summed E-state index contributed by atoms with van der Waals surface area (Å²) < 4.78 is 5.04. The number of imidazole rings is 1. The number of aromatic nitrogens is 2. The molecular weight excluding hydrogens is 508 g/mol. The molecule has 1 aromatic rings. The molecule has 0 fully saturated rings. The number of nitrogens with zero attached hydrogens (tertiary/aromatic N) is 1. The van der Waals surface area contributed by atoms with Gasteiger partial charge in [0.2, 0.25) is 11.8 Å². The Kier molecular flexibility index (Phi) is 14.3. The van der Waals surface area contributed by atoms with E-state index < -0.39 is 35.4 Å². The Balaban J connectivity index is 2.17. The lowest BCUT2D eigenvalue weighted by Crippen LogP contribution is -2.47. The average molecular weight is 545 g/mol. The molecule has 2 atom stereocenters. The van der Waals surface area contributed by atoms with Gasteiger partial charge in [0.15, 0.2) is 0 Å². The Morgan fingerprint density at radius 3 is 2.51 bits per heavy atom. The van der Waals surface area contributed by atoms with E-state index in [1.165, 1.54) is 13.8 Å². The summed E-state index contributed by atoms with van der Waals surface area (Å²) in [6.45, 7) is 3.47. The number of hydrogen-bond acceptors (Lipinski definition) is 10. The van der Waals surface area contributed by atoms with E-state index in [-0.39, 0.29) is 50.1 Å². The van der Waals surface area contributed by atoms with Gasteiger partial charge in [-0.1, -0.05) is 25.6 Å². The number of nitrogens with one attached hydrogen (secondary N) is 4. The largest absolute Gasteiger partial charge is 0.480 e. The Hall–Kier alpha value is -3.17. The number of rotatable bonds is 17. The fourth-order valence-corrected chi connectivity index (χ4v) is 3.35. The first kappa shape index (κ1) is 31.9. The number of H-pyrrole nitrogens is 1. The number of carbonyl (C=O) groups excluding carboxylic acids is 4. The van der Waals surface area contributed by atoms with Crippen LogP contribution in [0.2, 0.25) is 0 Å². The lowest BCUT2D eigenvalue weighted by atomic mass is 9.87. The monoisotopic (exact) mass is 544 g/mol.